The van der Waals surface area contributed by atoms with Gasteiger partial charge >= 0.3 is 0 Å². The van der Waals surface area contributed by atoms with Gasteiger partial charge in [-0.1, -0.05) is 0 Å². The molecular weight excluding hydrogens is 495 g/mol. The Bertz CT molecular complexity index is 1190. The highest BCUT2D eigenvalue weighted by Crippen LogP contribution is 2.34. The van der Waals surface area contributed by atoms with Crippen molar-refractivity contribution in [2.24, 2.45) is 0 Å². The van der Waals surface area contributed by atoms with Crippen molar-refractivity contribution in [3.8, 4) is 22.8 Å². The van der Waals surface area contributed by atoms with Crippen molar-refractivity contribution in [3.05, 3.63) is 74.9 Å². The largest absolute Gasteiger partial charge is 0.493 e. The van der Waals surface area contributed by atoms with Gasteiger partial charge in [0.15, 0.2) is 17.4 Å². The molecule has 0 bridgehead atoms. The quantitative estimate of drug-likeness (QED) is 0.130. The van der Waals surface area contributed by atoms with Gasteiger partial charge in [-0.15, -0.1) is 0 Å². The van der Waals surface area contributed by atoms with Crippen molar-refractivity contribution in [3.63, 3.8) is 0 Å². The van der Waals surface area contributed by atoms with Crippen LogP contribution in [0.15, 0.2) is 36.5 Å². The zero-order valence-electron chi connectivity index (χ0n) is 17.9. The lowest BCUT2D eigenvalue weighted by Gasteiger charge is -2.13. The highest BCUT2D eigenvalue weighted by atomic mass is 35.5. The predicted octanol–water partition coefficient (Wildman–Crippen LogP) is 6.22. The van der Waals surface area contributed by atoms with Crippen LogP contribution in [0.5, 0.6) is 11.5 Å². The molecule has 3 aromatic rings. The molecule has 0 fully saturated rings. The summed E-state index contributed by atoms with van der Waals surface area (Å²) in [5.74, 6) is -2.82. The van der Waals surface area contributed by atoms with Crippen LogP contribution in [0.3, 0.4) is 0 Å². The Labute approximate surface area is 202 Å². The maximum Gasteiger partial charge on any atom is 0.273 e. The number of halogens is 4. The molecule has 0 aliphatic rings. The summed E-state index contributed by atoms with van der Waals surface area (Å²) in [4.78, 5) is 17.9. The molecule has 0 aliphatic heterocycles. The van der Waals surface area contributed by atoms with Gasteiger partial charge in [0, 0.05) is 17.4 Å². The van der Waals surface area contributed by atoms with Gasteiger partial charge in [-0.05, 0) is 54.5 Å². The van der Waals surface area contributed by atoms with Crippen LogP contribution in [0.2, 0.25) is 5.28 Å². The third kappa shape index (κ3) is 6.51. The Morgan fingerprint density at radius 3 is 2.53 bits per heavy atom. The maximum absolute atomic E-state index is 14.4. The molecule has 7 nitrogen and oxygen atoms in total. The second-order valence-corrected chi connectivity index (χ2v) is 8.21. The number of nitro groups is 1. The molecule has 0 unspecified atom stereocenters. The molecule has 0 saturated heterocycles. The fraction of sp³-hybridized carbons (Fsp3) is 0.273. The van der Waals surface area contributed by atoms with Crippen molar-refractivity contribution >= 4 is 29.1 Å². The summed E-state index contributed by atoms with van der Waals surface area (Å²) >= 11 is 7.24. The summed E-state index contributed by atoms with van der Waals surface area (Å²) < 4.78 is 53.4. The first-order valence-electron chi connectivity index (χ1n) is 9.99. The average molecular weight is 514 g/mol. The lowest BCUT2D eigenvalue weighted by molar-refractivity contribution is -0.385. The first kappa shape index (κ1) is 25.6. The number of ether oxygens (including phenoxy) is 2. The molecule has 1 heterocycles. The van der Waals surface area contributed by atoms with Crippen molar-refractivity contribution < 1.29 is 27.6 Å². The first-order valence-corrected chi connectivity index (χ1v) is 11.8. The molecule has 0 atom stereocenters. The highest BCUT2D eigenvalue weighted by molar-refractivity contribution is 7.97. The molecule has 34 heavy (non-hydrogen) atoms. The number of nitrogens with zero attached hydrogens (tertiary/aromatic N) is 3. The topological polar surface area (TPSA) is 87.4 Å². The van der Waals surface area contributed by atoms with Gasteiger partial charge in [0.25, 0.3) is 5.69 Å². The molecular formula is C22H19ClF3N3O4S. The number of hydrogen-bond donors (Lipinski definition) is 0. The fourth-order valence-electron chi connectivity index (χ4n) is 3.04. The van der Waals surface area contributed by atoms with Gasteiger partial charge in [0.2, 0.25) is 11.1 Å². The minimum absolute atomic E-state index is 0.0240. The second kappa shape index (κ2) is 11.9. The Balaban J connectivity index is 1.61. The van der Waals surface area contributed by atoms with E-state index in [1.807, 2.05) is 6.26 Å². The van der Waals surface area contributed by atoms with E-state index < -0.39 is 28.1 Å². The van der Waals surface area contributed by atoms with Gasteiger partial charge in [-0.2, -0.15) is 16.2 Å². The van der Waals surface area contributed by atoms with Crippen molar-refractivity contribution in [2.45, 2.75) is 18.6 Å². The van der Waals surface area contributed by atoms with E-state index in [1.165, 1.54) is 23.9 Å². The summed E-state index contributed by atoms with van der Waals surface area (Å²) in [5.41, 5.74) is 0.293. The second-order valence-electron chi connectivity index (χ2n) is 7.00. The van der Waals surface area contributed by atoms with Crippen LogP contribution in [0.4, 0.5) is 18.9 Å². The summed E-state index contributed by atoms with van der Waals surface area (Å²) in [5, 5.41) is 10.9. The molecule has 0 aliphatic carbocycles. The molecule has 12 heteroatoms. The molecule has 0 saturated carbocycles. The minimum atomic E-state index is -1.28. The van der Waals surface area contributed by atoms with E-state index in [1.54, 1.807) is 6.07 Å². The minimum Gasteiger partial charge on any atom is -0.493 e. The Hall–Kier alpha value is -3.05. The van der Waals surface area contributed by atoms with Crippen LogP contribution in [0, 0.1) is 27.6 Å². The normalized spacial score (nSPS) is 10.9. The van der Waals surface area contributed by atoms with E-state index in [-0.39, 0.29) is 35.4 Å². The Morgan fingerprint density at radius 2 is 1.82 bits per heavy atom. The predicted molar refractivity (Wildman–Crippen MR) is 123 cm³/mol. The molecule has 0 radical (unpaired) electrons. The molecule has 0 N–H and O–H groups in total. The Kier molecular flexibility index (Phi) is 8.94. The van der Waals surface area contributed by atoms with Crippen molar-refractivity contribution in [1.29, 1.82) is 0 Å². The van der Waals surface area contributed by atoms with Gasteiger partial charge in [-0.25, -0.2) is 18.7 Å². The number of non-ortho nitro benzene ring substituents is 1. The summed E-state index contributed by atoms with van der Waals surface area (Å²) in [6, 6.07) is 6.56. The molecule has 1 aromatic heterocycles. The number of rotatable bonds is 11. The third-order valence-electron chi connectivity index (χ3n) is 4.55. The van der Waals surface area contributed by atoms with Crippen LogP contribution < -0.4 is 9.47 Å². The van der Waals surface area contributed by atoms with Crippen LogP contribution in [-0.4, -0.2) is 34.4 Å². The van der Waals surface area contributed by atoms with E-state index in [0.29, 0.717) is 24.3 Å². The smallest absolute Gasteiger partial charge is 0.273 e. The molecule has 180 valence electrons. The third-order valence-corrected chi connectivity index (χ3v) is 5.35. The molecule has 3 rings (SSSR count). The van der Waals surface area contributed by atoms with Crippen molar-refractivity contribution in [2.75, 3.05) is 19.5 Å². The number of thioether (sulfide) groups is 1. The fourth-order valence-corrected chi connectivity index (χ4v) is 3.68. The average Bonchev–Trinajstić information content (AvgIpc) is 2.80. The molecule has 2 aromatic carbocycles. The molecule has 0 spiro atoms. The highest BCUT2D eigenvalue weighted by Gasteiger charge is 2.20. The van der Waals surface area contributed by atoms with Gasteiger partial charge in [-0.3, -0.25) is 10.1 Å². The van der Waals surface area contributed by atoms with Gasteiger partial charge in [0.05, 0.1) is 30.4 Å². The SMILES string of the molecule is CSCc1cc(OCCCCOc2c(-c3nc(Cl)ncc3F)ccc(F)c2F)cc([N+](=O)[O-])c1. The number of nitro benzene ring substituents is 1. The number of unbranched alkanes of at least 4 members (excludes halogenated alkanes) is 1. The van der Waals surface area contributed by atoms with Crippen LogP contribution >= 0.6 is 23.4 Å². The lowest BCUT2D eigenvalue weighted by Crippen LogP contribution is -2.06. The molecule has 0 amide bonds. The summed E-state index contributed by atoms with van der Waals surface area (Å²) in [6.07, 6.45) is 3.56. The Morgan fingerprint density at radius 1 is 1.09 bits per heavy atom. The maximum atomic E-state index is 14.4. The monoisotopic (exact) mass is 513 g/mol. The standard InChI is InChI=1S/C22H19ClF3N3O4S/c1-34-12-13-8-14(29(30)31)10-15(9-13)32-6-2-3-7-33-21-16(4-5-17(24)19(21)26)20-18(25)11-27-22(23)28-20/h4-5,8-11H,2-3,6-7,12H2,1H3. The zero-order valence-corrected chi connectivity index (χ0v) is 19.5. The number of aromatic nitrogens is 2. The number of hydrogen-bond acceptors (Lipinski definition) is 7. The van der Waals surface area contributed by atoms with Crippen LogP contribution in [-0.2, 0) is 5.75 Å². The lowest BCUT2D eigenvalue weighted by atomic mass is 10.1. The van der Waals surface area contributed by atoms with Crippen LogP contribution in [0.25, 0.3) is 11.3 Å². The van der Waals surface area contributed by atoms with E-state index in [9.17, 15) is 23.3 Å². The van der Waals surface area contributed by atoms with E-state index in [2.05, 4.69) is 9.97 Å². The summed E-state index contributed by atoms with van der Waals surface area (Å²) in [7, 11) is 0. The summed E-state index contributed by atoms with van der Waals surface area (Å²) in [6.45, 7) is 0.196. The van der Waals surface area contributed by atoms with E-state index >= 15 is 0 Å². The number of benzene rings is 2. The van der Waals surface area contributed by atoms with Gasteiger partial charge in [0.1, 0.15) is 11.4 Å². The first-order chi connectivity index (χ1) is 16.3. The van der Waals surface area contributed by atoms with Gasteiger partial charge < -0.3 is 9.47 Å². The van der Waals surface area contributed by atoms with E-state index in [4.69, 9.17) is 21.1 Å². The van der Waals surface area contributed by atoms with E-state index in [0.717, 1.165) is 23.9 Å². The van der Waals surface area contributed by atoms with Crippen LogP contribution in [0.1, 0.15) is 18.4 Å². The zero-order chi connectivity index (χ0) is 24.7. The van der Waals surface area contributed by atoms with Crippen molar-refractivity contribution in [1.82, 2.24) is 9.97 Å².